The highest BCUT2D eigenvalue weighted by atomic mass is 32.1. The summed E-state index contributed by atoms with van der Waals surface area (Å²) in [4.78, 5) is 4.75. The summed E-state index contributed by atoms with van der Waals surface area (Å²) in [5.74, 6) is 0. The zero-order valence-corrected chi connectivity index (χ0v) is 6.49. The molecule has 0 atom stereocenters. The first-order chi connectivity index (χ1) is 4.41. The quantitative estimate of drug-likeness (QED) is 0.323. The normalized spacial score (nSPS) is 9.00. The summed E-state index contributed by atoms with van der Waals surface area (Å²) in [6.45, 7) is 2.84. The van der Waals surface area contributed by atoms with Gasteiger partial charge >= 0.3 is 0 Å². The molecular weight excluding hydrogens is 134 g/mol. The molecule has 1 radical (unpaired) electrons. The second-order valence-electron chi connectivity index (χ2n) is 1.75. The van der Waals surface area contributed by atoms with Crippen LogP contribution in [0, 0.1) is 0 Å². The number of thiocarbonyl (C=S) groups is 1. The first-order valence-corrected chi connectivity index (χ1v) is 3.64. The van der Waals surface area contributed by atoms with Gasteiger partial charge in [-0.2, -0.15) is 0 Å². The molecule has 2 nitrogen and oxygen atoms in total. The second-order valence-corrected chi connectivity index (χ2v) is 1.96. The fourth-order valence-electron chi connectivity index (χ4n) is 0.500. The number of nitrogens with zero attached hydrogens (tertiary/aromatic N) is 1. The van der Waals surface area contributed by atoms with Crippen molar-refractivity contribution in [1.82, 2.24) is 5.48 Å². The lowest BCUT2D eigenvalue weighted by atomic mass is 10.3. The third-order valence-electron chi connectivity index (χ3n) is 0.957. The highest BCUT2D eigenvalue weighted by Crippen LogP contribution is 1.92. The molecule has 0 heterocycles. The molecular formula is C6H12NOS. The Morgan fingerprint density at radius 2 is 2.33 bits per heavy atom. The zero-order valence-electron chi connectivity index (χ0n) is 5.67. The van der Waals surface area contributed by atoms with Crippen LogP contribution in [0.15, 0.2) is 0 Å². The highest BCUT2D eigenvalue weighted by Gasteiger charge is 1.84. The average molecular weight is 146 g/mol. The number of unbranched alkanes of at least 4 members (excludes halogenated alkanes) is 2. The van der Waals surface area contributed by atoms with Crippen LogP contribution >= 0.6 is 12.2 Å². The van der Waals surface area contributed by atoms with Gasteiger partial charge in [0, 0.05) is 0 Å². The van der Waals surface area contributed by atoms with E-state index >= 15 is 0 Å². The Hall–Kier alpha value is -0.150. The van der Waals surface area contributed by atoms with E-state index in [0.29, 0.717) is 6.61 Å². The Balaban J connectivity index is 2.66. The van der Waals surface area contributed by atoms with Crippen molar-refractivity contribution in [3.8, 4) is 0 Å². The minimum atomic E-state index is 0.695. The molecule has 0 aliphatic rings. The Bertz CT molecular complexity index is 68.1. The fourth-order valence-corrected chi connectivity index (χ4v) is 0.561. The third kappa shape index (κ3) is 7.85. The minimum absolute atomic E-state index is 0.695. The SMILES string of the molecule is CCCCCO[N]C=S. The van der Waals surface area contributed by atoms with E-state index in [1.54, 1.807) is 0 Å². The van der Waals surface area contributed by atoms with Gasteiger partial charge in [0.15, 0.2) is 0 Å². The summed E-state index contributed by atoms with van der Waals surface area (Å²) in [5.41, 5.74) is 4.68. The molecule has 0 fully saturated rings. The van der Waals surface area contributed by atoms with Crippen LogP contribution in [0.4, 0.5) is 0 Å². The Kier molecular flexibility index (Phi) is 7.72. The van der Waals surface area contributed by atoms with Crippen molar-refractivity contribution < 1.29 is 4.84 Å². The van der Waals surface area contributed by atoms with E-state index in [-0.39, 0.29) is 0 Å². The van der Waals surface area contributed by atoms with Gasteiger partial charge in [0.2, 0.25) is 0 Å². The summed E-state index contributed by atoms with van der Waals surface area (Å²) >= 11 is 4.41. The maximum atomic E-state index is 4.75. The van der Waals surface area contributed by atoms with Gasteiger partial charge < -0.3 is 0 Å². The second kappa shape index (κ2) is 7.85. The topological polar surface area (TPSA) is 23.3 Å². The maximum absolute atomic E-state index is 4.75. The van der Waals surface area contributed by atoms with Gasteiger partial charge in [-0.3, -0.25) is 4.84 Å². The summed E-state index contributed by atoms with van der Waals surface area (Å²) in [6, 6.07) is 0. The molecule has 53 valence electrons. The molecule has 0 saturated heterocycles. The van der Waals surface area contributed by atoms with Crippen LogP contribution < -0.4 is 5.48 Å². The molecule has 0 rings (SSSR count). The van der Waals surface area contributed by atoms with E-state index in [9.17, 15) is 0 Å². The van der Waals surface area contributed by atoms with Crippen molar-refractivity contribution in [2.24, 2.45) is 0 Å². The molecule has 0 spiro atoms. The van der Waals surface area contributed by atoms with Crippen LogP contribution in [-0.2, 0) is 4.84 Å². The summed E-state index contributed by atoms with van der Waals surface area (Å²) in [6.07, 6.45) is 3.48. The molecule has 0 unspecified atom stereocenters. The van der Waals surface area contributed by atoms with Crippen LogP contribution in [0.2, 0.25) is 0 Å². The molecule has 0 saturated carbocycles. The minimum Gasteiger partial charge on any atom is -0.251 e. The number of hydrogen-bond donors (Lipinski definition) is 0. The van der Waals surface area contributed by atoms with E-state index in [0.717, 1.165) is 6.42 Å². The molecule has 0 N–H and O–H groups in total. The largest absolute Gasteiger partial charge is 0.251 e. The predicted octanol–water partition coefficient (Wildman–Crippen LogP) is 1.67. The Labute approximate surface area is 61.5 Å². The van der Waals surface area contributed by atoms with Gasteiger partial charge in [-0.1, -0.05) is 32.0 Å². The molecule has 0 aromatic carbocycles. The highest BCUT2D eigenvalue weighted by molar-refractivity contribution is 7.78. The molecule has 0 amide bonds. The number of hydroxylamine groups is 1. The van der Waals surface area contributed by atoms with E-state index < -0.39 is 0 Å². The fraction of sp³-hybridized carbons (Fsp3) is 0.833. The van der Waals surface area contributed by atoms with Crippen LogP contribution in [0.3, 0.4) is 0 Å². The van der Waals surface area contributed by atoms with Crippen molar-refractivity contribution >= 4 is 17.7 Å². The molecule has 0 bridgehead atoms. The summed E-state index contributed by atoms with van der Waals surface area (Å²) in [5, 5.41) is 0. The maximum Gasteiger partial charge on any atom is 0.117 e. The van der Waals surface area contributed by atoms with Crippen LogP contribution in [0.5, 0.6) is 0 Å². The molecule has 9 heavy (non-hydrogen) atoms. The first kappa shape index (κ1) is 8.85. The standard InChI is InChI=1S/C6H12NOS/c1-2-3-4-5-8-7-6-9/h6H,2-5H2,1H3. The molecule has 3 heteroatoms. The molecule has 0 aromatic heterocycles. The van der Waals surface area contributed by atoms with Crippen molar-refractivity contribution in [1.29, 1.82) is 0 Å². The smallest absolute Gasteiger partial charge is 0.117 e. The molecule has 0 aromatic rings. The van der Waals surface area contributed by atoms with E-state index in [2.05, 4.69) is 24.6 Å². The van der Waals surface area contributed by atoms with Crippen molar-refractivity contribution in [3.05, 3.63) is 0 Å². The summed E-state index contributed by atoms with van der Waals surface area (Å²) < 4.78 is 0. The van der Waals surface area contributed by atoms with Gasteiger partial charge in [-0.25, -0.2) is 0 Å². The number of rotatable bonds is 6. The number of hydrogen-bond acceptors (Lipinski definition) is 2. The van der Waals surface area contributed by atoms with E-state index in [1.807, 2.05) is 0 Å². The lowest BCUT2D eigenvalue weighted by molar-refractivity contribution is 0.0795. The van der Waals surface area contributed by atoms with Crippen LogP contribution in [-0.4, -0.2) is 12.1 Å². The van der Waals surface area contributed by atoms with Crippen molar-refractivity contribution in [2.45, 2.75) is 26.2 Å². The van der Waals surface area contributed by atoms with Crippen molar-refractivity contribution in [2.75, 3.05) is 6.61 Å². The Morgan fingerprint density at radius 3 is 2.89 bits per heavy atom. The first-order valence-electron chi connectivity index (χ1n) is 3.17. The van der Waals surface area contributed by atoms with Gasteiger partial charge in [0.25, 0.3) is 0 Å². The van der Waals surface area contributed by atoms with Gasteiger partial charge in [0.1, 0.15) is 5.49 Å². The predicted molar refractivity (Wildman–Crippen MR) is 41.3 cm³/mol. The van der Waals surface area contributed by atoms with Crippen LogP contribution in [0.25, 0.3) is 0 Å². The Morgan fingerprint density at radius 1 is 1.56 bits per heavy atom. The summed E-state index contributed by atoms with van der Waals surface area (Å²) in [7, 11) is 0. The third-order valence-corrected chi connectivity index (χ3v) is 1.04. The molecule has 0 aliphatic heterocycles. The molecule has 0 aliphatic carbocycles. The lowest BCUT2D eigenvalue weighted by Crippen LogP contribution is -2.03. The van der Waals surface area contributed by atoms with Gasteiger partial charge in [-0.15, -0.1) is 5.48 Å². The average Bonchev–Trinajstić information content (AvgIpc) is 1.89. The van der Waals surface area contributed by atoms with E-state index in [1.165, 1.54) is 18.3 Å². The van der Waals surface area contributed by atoms with Crippen LogP contribution in [0.1, 0.15) is 26.2 Å². The van der Waals surface area contributed by atoms with Crippen molar-refractivity contribution in [3.63, 3.8) is 0 Å². The zero-order chi connectivity index (χ0) is 6.95. The van der Waals surface area contributed by atoms with E-state index in [4.69, 9.17) is 4.84 Å². The van der Waals surface area contributed by atoms with Gasteiger partial charge in [0.05, 0.1) is 6.61 Å². The lowest BCUT2D eigenvalue weighted by Gasteiger charge is -1.95. The monoisotopic (exact) mass is 146 g/mol. The van der Waals surface area contributed by atoms with Gasteiger partial charge in [-0.05, 0) is 6.42 Å².